The Morgan fingerprint density at radius 1 is 1.03 bits per heavy atom. The fraction of sp³-hybridized carbons (Fsp3) is 0.409. The van der Waals surface area contributed by atoms with Gasteiger partial charge in [0.15, 0.2) is 11.5 Å². The van der Waals surface area contributed by atoms with Crippen molar-refractivity contribution >= 4 is 38.9 Å². The second-order valence-electron chi connectivity index (χ2n) is 7.82. The van der Waals surface area contributed by atoms with Crippen molar-refractivity contribution in [1.29, 1.82) is 0 Å². The molecule has 0 aliphatic carbocycles. The number of fused-ring (bicyclic) bond motifs is 1. The first kappa shape index (κ1) is 22.7. The maximum absolute atomic E-state index is 13.0. The summed E-state index contributed by atoms with van der Waals surface area (Å²) >= 11 is 6.25. The third kappa shape index (κ3) is 4.95. The van der Waals surface area contributed by atoms with Crippen molar-refractivity contribution < 1.29 is 22.7 Å². The number of ether oxygens (including phenoxy) is 2. The van der Waals surface area contributed by atoms with E-state index in [2.05, 4.69) is 10.6 Å². The Kier molecular flexibility index (Phi) is 6.78. The highest BCUT2D eigenvalue weighted by Crippen LogP contribution is 2.33. The number of carbonyl (C=O) groups is 1. The lowest BCUT2D eigenvalue weighted by molar-refractivity contribution is -0.116. The smallest absolute Gasteiger partial charge is 0.246 e. The van der Waals surface area contributed by atoms with Gasteiger partial charge in [-0.25, -0.2) is 8.42 Å². The van der Waals surface area contributed by atoms with Crippen molar-refractivity contribution in [2.45, 2.75) is 37.1 Å². The lowest BCUT2D eigenvalue weighted by Crippen LogP contribution is -2.35. The van der Waals surface area contributed by atoms with Gasteiger partial charge in [-0.3, -0.25) is 4.79 Å². The number of carbonyl (C=O) groups excluding carboxylic acids is 1. The van der Waals surface area contributed by atoms with Gasteiger partial charge in [0.05, 0.1) is 15.6 Å². The normalized spacial score (nSPS) is 17.4. The molecule has 1 saturated heterocycles. The van der Waals surface area contributed by atoms with Crippen molar-refractivity contribution in [3.63, 3.8) is 0 Å². The summed E-state index contributed by atoms with van der Waals surface area (Å²) in [7, 11) is -3.63. The van der Waals surface area contributed by atoms with E-state index in [-0.39, 0.29) is 21.5 Å². The van der Waals surface area contributed by atoms with Gasteiger partial charge in [0.25, 0.3) is 0 Å². The van der Waals surface area contributed by atoms with Gasteiger partial charge in [-0.1, -0.05) is 18.0 Å². The second-order valence-corrected chi connectivity index (χ2v) is 10.2. The van der Waals surface area contributed by atoms with Crippen LogP contribution in [0.15, 0.2) is 41.3 Å². The highest BCUT2D eigenvalue weighted by molar-refractivity contribution is 7.89. The van der Waals surface area contributed by atoms with Crippen LogP contribution < -0.4 is 20.1 Å². The Morgan fingerprint density at radius 3 is 2.50 bits per heavy atom. The van der Waals surface area contributed by atoms with Crippen LogP contribution in [0.4, 0.5) is 11.4 Å². The topological polar surface area (TPSA) is 97.0 Å². The van der Waals surface area contributed by atoms with Gasteiger partial charge in [0, 0.05) is 24.8 Å². The summed E-state index contributed by atoms with van der Waals surface area (Å²) in [5, 5.41) is 6.11. The van der Waals surface area contributed by atoms with E-state index in [9.17, 15) is 13.2 Å². The SMILES string of the molecule is CC(Nc1ccc2c(c1)OCCO2)C(=O)Nc1cc(S(=O)(=O)N2CCCCC2)ccc1Cl. The van der Waals surface area contributed by atoms with Crippen LogP contribution in [0.1, 0.15) is 26.2 Å². The molecule has 2 N–H and O–H groups in total. The molecule has 4 rings (SSSR count). The summed E-state index contributed by atoms with van der Waals surface area (Å²) in [6.45, 7) is 3.69. The second kappa shape index (κ2) is 9.56. The fourth-order valence-electron chi connectivity index (χ4n) is 3.70. The summed E-state index contributed by atoms with van der Waals surface area (Å²) in [6.07, 6.45) is 2.72. The predicted molar refractivity (Wildman–Crippen MR) is 123 cm³/mol. The summed E-state index contributed by atoms with van der Waals surface area (Å²) in [6, 6.07) is 9.13. The third-order valence-electron chi connectivity index (χ3n) is 5.47. The van der Waals surface area contributed by atoms with Crippen LogP contribution in [0, 0.1) is 0 Å². The monoisotopic (exact) mass is 479 g/mol. The zero-order chi connectivity index (χ0) is 22.7. The Hall–Kier alpha value is -2.49. The standard InChI is InChI=1S/C22H26ClN3O5S/c1-15(24-16-5-8-20-21(13-16)31-12-11-30-20)22(27)25-19-14-17(6-7-18(19)23)32(28,29)26-9-3-2-4-10-26/h5-8,13-15,24H,2-4,9-12H2,1H3,(H,25,27). The molecule has 1 unspecified atom stereocenters. The molecule has 2 aliphatic heterocycles. The van der Waals surface area contributed by atoms with E-state index in [1.807, 2.05) is 0 Å². The van der Waals surface area contributed by atoms with Crippen molar-refractivity contribution in [2.24, 2.45) is 0 Å². The minimum Gasteiger partial charge on any atom is -0.486 e. The van der Waals surface area contributed by atoms with Gasteiger partial charge in [-0.05, 0) is 50.1 Å². The number of nitrogens with one attached hydrogen (secondary N) is 2. The highest BCUT2D eigenvalue weighted by atomic mass is 35.5. The number of piperidine rings is 1. The Bertz CT molecular complexity index is 1100. The molecule has 1 amide bonds. The number of anilines is 2. The molecule has 0 radical (unpaired) electrons. The van der Waals surface area contributed by atoms with E-state index in [4.69, 9.17) is 21.1 Å². The molecule has 10 heteroatoms. The van der Waals surface area contributed by atoms with Crippen LogP contribution in [0.5, 0.6) is 11.5 Å². The fourth-order valence-corrected chi connectivity index (χ4v) is 5.41. The minimum atomic E-state index is -3.63. The molecular weight excluding hydrogens is 454 g/mol. The largest absolute Gasteiger partial charge is 0.486 e. The number of sulfonamides is 1. The molecule has 1 fully saturated rings. The maximum Gasteiger partial charge on any atom is 0.246 e. The zero-order valence-electron chi connectivity index (χ0n) is 17.8. The summed E-state index contributed by atoms with van der Waals surface area (Å²) in [5.41, 5.74) is 0.954. The van der Waals surface area contributed by atoms with E-state index in [1.165, 1.54) is 22.5 Å². The van der Waals surface area contributed by atoms with Gasteiger partial charge >= 0.3 is 0 Å². The van der Waals surface area contributed by atoms with Crippen LogP contribution in [0.2, 0.25) is 5.02 Å². The van der Waals surface area contributed by atoms with Crippen molar-refractivity contribution in [3.05, 3.63) is 41.4 Å². The van der Waals surface area contributed by atoms with Gasteiger partial charge < -0.3 is 20.1 Å². The molecule has 2 aromatic rings. The molecule has 8 nitrogen and oxygen atoms in total. The van der Waals surface area contributed by atoms with Crippen molar-refractivity contribution in [3.8, 4) is 11.5 Å². The zero-order valence-corrected chi connectivity index (χ0v) is 19.3. The quantitative estimate of drug-likeness (QED) is 0.655. The lowest BCUT2D eigenvalue weighted by atomic mass is 10.2. The van der Waals surface area contributed by atoms with Crippen LogP contribution >= 0.6 is 11.6 Å². The van der Waals surface area contributed by atoms with E-state index in [1.54, 1.807) is 25.1 Å². The number of hydrogen-bond donors (Lipinski definition) is 2. The number of benzene rings is 2. The molecule has 1 atom stereocenters. The van der Waals surface area contributed by atoms with Gasteiger partial charge in [-0.2, -0.15) is 4.31 Å². The molecule has 2 aliphatic rings. The Morgan fingerprint density at radius 2 is 1.75 bits per heavy atom. The van der Waals surface area contributed by atoms with E-state index in [0.717, 1.165) is 19.3 Å². The van der Waals surface area contributed by atoms with Gasteiger partial charge in [-0.15, -0.1) is 0 Å². The molecule has 172 valence electrons. The average Bonchev–Trinajstić information content (AvgIpc) is 2.80. The van der Waals surface area contributed by atoms with Crippen LogP contribution in [0.3, 0.4) is 0 Å². The van der Waals surface area contributed by atoms with Gasteiger partial charge in [0.2, 0.25) is 15.9 Å². The van der Waals surface area contributed by atoms with Crippen molar-refractivity contribution in [1.82, 2.24) is 4.31 Å². The first-order valence-corrected chi connectivity index (χ1v) is 12.4. The lowest BCUT2D eigenvalue weighted by Gasteiger charge is -2.26. The first-order chi connectivity index (χ1) is 15.3. The summed E-state index contributed by atoms with van der Waals surface area (Å²) in [5.74, 6) is 0.930. The molecule has 0 spiro atoms. The molecule has 2 heterocycles. The Balaban J connectivity index is 1.46. The minimum absolute atomic E-state index is 0.117. The van der Waals surface area contributed by atoms with Crippen LogP contribution in [0.25, 0.3) is 0 Å². The third-order valence-corrected chi connectivity index (χ3v) is 7.69. The number of nitrogens with zero attached hydrogens (tertiary/aromatic N) is 1. The highest BCUT2D eigenvalue weighted by Gasteiger charge is 2.27. The number of rotatable bonds is 6. The number of hydrogen-bond acceptors (Lipinski definition) is 6. The average molecular weight is 480 g/mol. The van der Waals surface area contributed by atoms with E-state index < -0.39 is 16.1 Å². The van der Waals surface area contributed by atoms with Gasteiger partial charge in [0.1, 0.15) is 19.3 Å². The number of halogens is 1. The molecule has 0 aromatic heterocycles. The molecular formula is C22H26ClN3O5S. The molecule has 0 saturated carbocycles. The summed E-state index contributed by atoms with van der Waals surface area (Å²) in [4.78, 5) is 12.9. The molecule has 32 heavy (non-hydrogen) atoms. The molecule has 2 aromatic carbocycles. The van der Waals surface area contributed by atoms with Crippen LogP contribution in [-0.4, -0.2) is 51.0 Å². The maximum atomic E-state index is 13.0. The molecule has 0 bridgehead atoms. The first-order valence-electron chi connectivity index (χ1n) is 10.6. The predicted octanol–water partition coefficient (Wildman–Crippen LogP) is 3.72. The number of amides is 1. The summed E-state index contributed by atoms with van der Waals surface area (Å²) < 4.78 is 38.5. The van der Waals surface area contributed by atoms with Crippen molar-refractivity contribution in [2.75, 3.05) is 36.9 Å². The van der Waals surface area contributed by atoms with Crippen LogP contribution in [-0.2, 0) is 14.8 Å². The Labute approximate surface area is 192 Å². The van der Waals surface area contributed by atoms with E-state index in [0.29, 0.717) is 43.5 Å². The van der Waals surface area contributed by atoms with E-state index >= 15 is 0 Å².